The summed E-state index contributed by atoms with van der Waals surface area (Å²) in [5.74, 6) is 0.238. The maximum absolute atomic E-state index is 13.2. The predicted molar refractivity (Wildman–Crippen MR) is 146 cm³/mol. The first kappa shape index (κ1) is 28.3. The van der Waals surface area contributed by atoms with Gasteiger partial charge in [0, 0.05) is 36.1 Å². The van der Waals surface area contributed by atoms with Gasteiger partial charge in [0.2, 0.25) is 5.89 Å². The Morgan fingerprint density at radius 1 is 1.13 bits per heavy atom. The number of nitrogens with zero attached hydrogens (tertiary/aromatic N) is 2. The van der Waals surface area contributed by atoms with E-state index in [9.17, 15) is 18.0 Å². The fourth-order valence-electron chi connectivity index (χ4n) is 4.42. The summed E-state index contributed by atoms with van der Waals surface area (Å²) in [7, 11) is -3.53. The summed E-state index contributed by atoms with van der Waals surface area (Å²) in [5, 5.41) is 5.04. The summed E-state index contributed by atoms with van der Waals surface area (Å²) in [5.41, 5.74) is 1.74. The number of ether oxygens (including phenoxy) is 1. The Kier molecular flexibility index (Phi) is 8.39. The molecule has 1 aliphatic carbocycles. The van der Waals surface area contributed by atoms with E-state index >= 15 is 0 Å². The summed E-state index contributed by atoms with van der Waals surface area (Å²) in [4.78, 5) is 33.0. The summed E-state index contributed by atoms with van der Waals surface area (Å²) in [6, 6.07) is 10.2. The van der Waals surface area contributed by atoms with Gasteiger partial charge >= 0.3 is 6.09 Å². The van der Waals surface area contributed by atoms with E-state index in [2.05, 4.69) is 20.6 Å². The first-order chi connectivity index (χ1) is 18.4. The highest BCUT2D eigenvalue weighted by Gasteiger charge is 2.36. The van der Waals surface area contributed by atoms with Gasteiger partial charge in [-0.15, -0.1) is 0 Å². The van der Waals surface area contributed by atoms with E-state index < -0.39 is 26.8 Å². The highest BCUT2D eigenvalue weighted by molar-refractivity contribution is 7.91. The zero-order valence-electron chi connectivity index (χ0n) is 22.6. The van der Waals surface area contributed by atoms with Gasteiger partial charge in [0.05, 0.1) is 16.7 Å². The molecule has 1 aliphatic rings. The Morgan fingerprint density at radius 3 is 2.54 bits per heavy atom. The van der Waals surface area contributed by atoms with Crippen LogP contribution in [0.25, 0.3) is 11.5 Å². The van der Waals surface area contributed by atoms with E-state index in [1.54, 1.807) is 64.4 Å². The van der Waals surface area contributed by atoms with Crippen LogP contribution in [-0.4, -0.2) is 47.3 Å². The van der Waals surface area contributed by atoms with Gasteiger partial charge in [0.1, 0.15) is 11.4 Å². The van der Waals surface area contributed by atoms with Gasteiger partial charge in [-0.1, -0.05) is 6.07 Å². The van der Waals surface area contributed by atoms with Gasteiger partial charge in [0.25, 0.3) is 5.91 Å². The van der Waals surface area contributed by atoms with Crippen LogP contribution in [0, 0.1) is 6.92 Å². The molecule has 10 nitrogen and oxygen atoms in total. The van der Waals surface area contributed by atoms with Crippen LogP contribution in [0.15, 0.2) is 53.2 Å². The smallest absolute Gasteiger partial charge is 0.407 e. The van der Waals surface area contributed by atoms with Crippen LogP contribution in [0.3, 0.4) is 0 Å². The molecule has 2 atom stereocenters. The molecule has 11 heteroatoms. The predicted octanol–water partition coefficient (Wildman–Crippen LogP) is 4.34. The van der Waals surface area contributed by atoms with Gasteiger partial charge in [-0.3, -0.25) is 9.78 Å². The number of rotatable bonds is 8. The highest BCUT2D eigenvalue weighted by atomic mass is 32.2. The highest BCUT2D eigenvalue weighted by Crippen LogP contribution is 2.30. The zero-order chi connectivity index (χ0) is 28.2. The molecule has 0 bridgehead atoms. The fourth-order valence-corrected chi connectivity index (χ4v) is 6.32. The van der Waals surface area contributed by atoms with Crippen molar-refractivity contribution in [1.29, 1.82) is 0 Å². The molecule has 39 heavy (non-hydrogen) atoms. The Morgan fingerprint density at radius 2 is 1.87 bits per heavy atom. The number of alkyl carbamates (subject to hydrolysis) is 1. The van der Waals surface area contributed by atoms with Crippen LogP contribution >= 0.6 is 0 Å². The van der Waals surface area contributed by atoms with Gasteiger partial charge in [0.15, 0.2) is 9.84 Å². The summed E-state index contributed by atoms with van der Waals surface area (Å²) in [6.45, 7) is 7.38. The number of pyridine rings is 1. The lowest BCUT2D eigenvalue weighted by Gasteiger charge is -2.21. The van der Waals surface area contributed by atoms with Crippen molar-refractivity contribution in [3.8, 4) is 11.5 Å². The molecule has 0 saturated heterocycles. The van der Waals surface area contributed by atoms with Crippen molar-refractivity contribution in [2.75, 3.05) is 0 Å². The van der Waals surface area contributed by atoms with E-state index in [0.717, 1.165) is 5.56 Å². The molecule has 2 heterocycles. The molecule has 1 fully saturated rings. The number of hydrogen-bond donors (Lipinski definition) is 2. The van der Waals surface area contributed by atoms with Gasteiger partial charge < -0.3 is 19.8 Å². The fraction of sp³-hybridized carbons (Fsp3) is 0.429. The van der Waals surface area contributed by atoms with Crippen LogP contribution in [-0.2, 0) is 26.9 Å². The molecule has 2 N–H and O–H groups in total. The van der Waals surface area contributed by atoms with E-state index in [1.807, 2.05) is 12.1 Å². The van der Waals surface area contributed by atoms with Crippen LogP contribution < -0.4 is 10.6 Å². The molecule has 0 spiro atoms. The molecule has 2 amide bonds. The number of carbonyl (C=O) groups is 2. The molecule has 1 aromatic carbocycles. The average Bonchev–Trinajstić information content (AvgIpc) is 3.49. The Hall–Kier alpha value is -3.73. The molecular weight excluding hydrogens is 520 g/mol. The number of aromatic nitrogens is 2. The Labute approximate surface area is 228 Å². The standard InChI is InChI=1S/C28H34N4O6S/c1-18-24(17-39(35,36)23-12-11-22(14-23)31-27(34)38-28(2,3)4)32-26(37-18)21-9-7-20(8-10-21)25(33)30-16-19-6-5-13-29-15-19/h5-10,13,15,22-23H,11-12,14,16-17H2,1-4H3,(H,30,33)(H,31,34)/t22-,23-/m0/s1. The van der Waals surface area contributed by atoms with Crippen LogP contribution in [0.2, 0.25) is 0 Å². The second kappa shape index (κ2) is 11.6. The molecular formula is C28H34N4O6S. The van der Waals surface area contributed by atoms with Crippen molar-refractivity contribution in [3.05, 3.63) is 71.4 Å². The van der Waals surface area contributed by atoms with E-state index in [0.29, 0.717) is 48.4 Å². The zero-order valence-corrected chi connectivity index (χ0v) is 23.4. The van der Waals surface area contributed by atoms with E-state index in [4.69, 9.17) is 9.15 Å². The van der Waals surface area contributed by atoms with Crippen molar-refractivity contribution in [1.82, 2.24) is 20.6 Å². The first-order valence-electron chi connectivity index (χ1n) is 12.8. The number of hydrogen-bond acceptors (Lipinski definition) is 8. The van der Waals surface area contributed by atoms with Gasteiger partial charge in [-0.05, 0) is 82.9 Å². The lowest BCUT2D eigenvalue weighted by Crippen LogP contribution is -2.38. The maximum Gasteiger partial charge on any atom is 0.407 e. The van der Waals surface area contributed by atoms with Crippen LogP contribution in [0.1, 0.15) is 67.4 Å². The van der Waals surface area contributed by atoms with Crippen LogP contribution in [0.4, 0.5) is 4.79 Å². The normalized spacial score (nSPS) is 17.5. The van der Waals surface area contributed by atoms with Gasteiger partial charge in [-0.25, -0.2) is 18.2 Å². The van der Waals surface area contributed by atoms with Crippen LogP contribution in [0.5, 0.6) is 0 Å². The molecule has 0 aliphatic heterocycles. The average molecular weight is 555 g/mol. The third-order valence-electron chi connectivity index (χ3n) is 6.41. The topological polar surface area (TPSA) is 140 Å². The third-order valence-corrected chi connectivity index (χ3v) is 8.53. The lowest BCUT2D eigenvalue weighted by molar-refractivity contribution is 0.0505. The minimum Gasteiger partial charge on any atom is -0.444 e. The van der Waals surface area contributed by atoms with Crippen molar-refractivity contribution in [3.63, 3.8) is 0 Å². The molecule has 0 radical (unpaired) electrons. The lowest BCUT2D eigenvalue weighted by atomic mass is 10.1. The maximum atomic E-state index is 13.2. The van der Waals surface area contributed by atoms with Gasteiger partial charge in [-0.2, -0.15) is 0 Å². The number of carbonyl (C=O) groups excluding carboxylic acids is 2. The summed E-state index contributed by atoms with van der Waals surface area (Å²) >= 11 is 0. The Balaban J connectivity index is 1.35. The molecule has 0 unspecified atom stereocenters. The first-order valence-corrected chi connectivity index (χ1v) is 14.6. The summed E-state index contributed by atoms with van der Waals surface area (Å²) < 4.78 is 37.4. The second-order valence-corrected chi connectivity index (χ2v) is 13.0. The van der Waals surface area contributed by atoms with Crippen molar-refractivity contribution in [2.24, 2.45) is 0 Å². The summed E-state index contributed by atoms with van der Waals surface area (Å²) in [6.07, 6.45) is 4.17. The van der Waals surface area contributed by atoms with Crippen molar-refractivity contribution >= 4 is 21.8 Å². The number of benzene rings is 1. The number of sulfone groups is 1. The quantitative estimate of drug-likeness (QED) is 0.419. The Bertz CT molecular complexity index is 1410. The second-order valence-electron chi connectivity index (χ2n) is 10.7. The molecule has 208 valence electrons. The minimum atomic E-state index is -3.53. The van der Waals surface area contributed by atoms with E-state index in [-0.39, 0.29) is 23.6 Å². The number of aryl methyl sites for hydroxylation is 1. The molecule has 3 aromatic rings. The SMILES string of the molecule is Cc1oc(-c2ccc(C(=O)NCc3cccnc3)cc2)nc1CS(=O)(=O)[C@H]1CC[C@H](NC(=O)OC(C)(C)C)C1. The number of nitrogens with one attached hydrogen (secondary N) is 2. The van der Waals surface area contributed by atoms with Crippen molar-refractivity contribution < 1.29 is 27.2 Å². The molecule has 4 rings (SSSR count). The molecule has 1 saturated carbocycles. The molecule has 2 aromatic heterocycles. The third kappa shape index (κ3) is 7.66. The monoisotopic (exact) mass is 554 g/mol. The largest absolute Gasteiger partial charge is 0.444 e. The minimum absolute atomic E-state index is 0.225. The van der Waals surface area contributed by atoms with E-state index in [1.165, 1.54) is 0 Å². The number of oxazole rings is 1. The number of amides is 2. The van der Waals surface area contributed by atoms with Crippen molar-refractivity contribution in [2.45, 2.75) is 76.1 Å².